The summed E-state index contributed by atoms with van der Waals surface area (Å²) in [6, 6.07) is 0.0858. The van der Waals surface area contributed by atoms with Crippen molar-refractivity contribution in [3.05, 3.63) is 34.9 Å². The summed E-state index contributed by atoms with van der Waals surface area (Å²) in [5, 5.41) is 11.4. The van der Waals surface area contributed by atoms with Crippen LogP contribution in [0.4, 0.5) is 26.3 Å². The lowest BCUT2D eigenvalue weighted by Crippen LogP contribution is -2.40. The quantitative estimate of drug-likeness (QED) is 0.797. The van der Waals surface area contributed by atoms with Crippen LogP contribution in [0.5, 0.6) is 0 Å². The van der Waals surface area contributed by atoms with Gasteiger partial charge >= 0.3 is 18.3 Å². The van der Waals surface area contributed by atoms with Gasteiger partial charge in [0, 0.05) is 6.54 Å². The number of aliphatic carboxylic acids is 1. The Kier molecular flexibility index (Phi) is 5.68. The lowest BCUT2D eigenvalue weighted by atomic mass is 10.0. The largest absolute Gasteiger partial charge is 0.480 e. The van der Waals surface area contributed by atoms with Crippen molar-refractivity contribution in [1.82, 2.24) is 5.32 Å². The Morgan fingerprint density at radius 2 is 1.48 bits per heavy atom. The predicted molar refractivity (Wildman–Crippen MR) is 69.5 cm³/mol. The van der Waals surface area contributed by atoms with Gasteiger partial charge in [-0.25, -0.2) is 0 Å². The van der Waals surface area contributed by atoms with Gasteiger partial charge in [-0.2, -0.15) is 26.3 Å². The van der Waals surface area contributed by atoms with Crippen LogP contribution in [0.2, 0.25) is 0 Å². The molecule has 0 radical (unpaired) electrons. The molecule has 9 heteroatoms. The molecule has 1 unspecified atom stereocenters. The first-order chi connectivity index (χ1) is 10.3. The Labute approximate surface area is 128 Å². The highest BCUT2D eigenvalue weighted by atomic mass is 19.4. The lowest BCUT2D eigenvalue weighted by molar-refractivity contribution is -0.144. The van der Waals surface area contributed by atoms with Crippen molar-refractivity contribution in [3.63, 3.8) is 0 Å². The third-order valence-corrected chi connectivity index (χ3v) is 3.11. The number of nitrogens with one attached hydrogen (secondary N) is 1. The number of carboxylic acids is 1. The third kappa shape index (κ3) is 5.42. The van der Waals surface area contributed by atoms with Crippen LogP contribution < -0.4 is 5.32 Å². The Morgan fingerprint density at radius 3 is 1.78 bits per heavy atom. The fourth-order valence-electron chi connectivity index (χ4n) is 1.96. The maximum Gasteiger partial charge on any atom is 0.416 e. The minimum Gasteiger partial charge on any atom is -0.480 e. The van der Waals surface area contributed by atoms with Crippen LogP contribution in [-0.2, 0) is 23.7 Å². The van der Waals surface area contributed by atoms with Gasteiger partial charge in [0.25, 0.3) is 0 Å². The van der Waals surface area contributed by atoms with E-state index in [1.54, 1.807) is 13.8 Å². The zero-order valence-electron chi connectivity index (χ0n) is 12.2. The first-order valence-corrected chi connectivity index (χ1v) is 6.57. The molecule has 0 fully saturated rings. The van der Waals surface area contributed by atoms with Crippen LogP contribution in [-0.4, -0.2) is 17.1 Å². The maximum absolute atomic E-state index is 12.7. The summed E-state index contributed by atoms with van der Waals surface area (Å²) >= 11 is 0. The molecule has 1 aromatic rings. The molecule has 0 amide bonds. The van der Waals surface area contributed by atoms with Crippen LogP contribution in [0.15, 0.2) is 18.2 Å². The summed E-state index contributed by atoms with van der Waals surface area (Å²) in [4.78, 5) is 11.0. The van der Waals surface area contributed by atoms with Gasteiger partial charge in [-0.15, -0.1) is 0 Å². The zero-order valence-corrected chi connectivity index (χ0v) is 12.2. The molecule has 1 aromatic carbocycles. The molecule has 1 rings (SSSR count). The topological polar surface area (TPSA) is 49.3 Å². The van der Waals surface area contributed by atoms with Gasteiger partial charge in [0.2, 0.25) is 0 Å². The Balaban J connectivity index is 3.13. The van der Waals surface area contributed by atoms with Crippen LogP contribution in [0, 0.1) is 5.92 Å². The van der Waals surface area contributed by atoms with E-state index in [1.807, 2.05) is 0 Å². The van der Waals surface area contributed by atoms with Crippen molar-refractivity contribution < 1.29 is 36.2 Å². The number of halogens is 6. The summed E-state index contributed by atoms with van der Waals surface area (Å²) in [5.41, 5.74) is -3.15. The Morgan fingerprint density at radius 1 is 1.04 bits per heavy atom. The summed E-state index contributed by atoms with van der Waals surface area (Å²) in [6.07, 6.45) is -9.86. The average molecular weight is 343 g/mol. The second-order valence-electron chi connectivity index (χ2n) is 5.35. The van der Waals surface area contributed by atoms with E-state index < -0.39 is 42.0 Å². The van der Waals surface area contributed by atoms with E-state index in [9.17, 15) is 31.1 Å². The van der Waals surface area contributed by atoms with E-state index in [0.29, 0.717) is 12.1 Å². The molecule has 130 valence electrons. The van der Waals surface area contributed by atoms with E-state index in [-0.39, 0.29) is 17.5 Å². The molecule has 2 N–H and O–H groups in total. The normalized spacial score (nSPS) is 14.1. The van der Waals surface area contributed by atoms with Crippen molar-refractivity contribution in [2.45, 2.75) is 38.8 Å². The molecule has 0 bridgehead atoms. The van der Waals surface area contributed by atoms with Crippen LogP contribution in [0.25, 0.3) is 0 Å². The molecule has 0 heterocycles. The monoisotopic (exact) mass is 343 g/mol. The van der Waals surface area contributed by atoms with E-state index in [4.69, 9.17) is 5.11 Å². The van der Waals surface area contributed by atoms with E-state index in [1.165, 1.54) is 0 Å². The Bertz CT molecular complexity index is 533. The van der Waals surface area contributed by atoms with Crippen molar-refractivity contribution in [1.29, 1.82) is 0 Å². The molecular weight excluding hydrogens is 328 g/mol. The molecule has 0 aromatic heterocycles. The molecule has 0 aliphatic carbocycles. The van der Waals surface area contributed by atoms with Gasteiger partial charge in [0.15, 0.2) is 0 Å². The highest BCUT2D eigenvalue weighted by molar-refractivity contribution is 5.73. The summed E-state index contributed by atoms with van der Waals surface area (Å²) < 4.78 is 76.3. The van der Waals surface area contributed by atoms with Gasteiger partial charge in [-0.1, -0.05) is 13.8 Å². The summed E-state index contributed by atoms with van der Waals surface area (Å²) in [5.74, 6) is -1.62. The molecule has 0 saturated heterocycles. The summed E-state index contributed by atoms with van der Waals surface area (Å²) in [7, 11) is 0. The highest BCUT2D eigenvalue weighted by Crippen LogP contribution is 2.36. The fourth-order valence-corrected chi connectivity index (χ4v) is 1.96. The van der Waals surface area contributed by atoms with Crippen LogP contribution in [0.3, 0.4) is 0 Å². The second kappa shape index (κ2) is 6.77. The second-order valence-corrected chi connectivity index (χ2v) is 5.35. The fraction of sp³-hybridized carbons (Fsp3) is 0.500. The minimum atomic E-state index is -4.93. The highest BCUT2D eigenvalue weighted by Gasteiger charge is 2.37. The third-order valence-electron chi connectivity index (χ3n) is 3.11. The van der Waals surface area contributed by atoms with Gasteiger partial charge < -0.3 is 10.4 Å². The van der Waals surface area contributed by atoms with Crippen LogP contribution >= 0.6 is 0 Å². The molecular formula is C14H15F6NO2. The molecule has 1 atom stereocenters. The number of benzene rings is 1. The number of hydrogen-bond donors (Lipinski definition) is 2. The predicted octanol–water partition coefficient (Wildman–Crippen LogP) is 3.92. The first-order valence-electron chi connectivity index (χ1n) is 6.57. The molecule has 23 heavy (non-hydrogen) atoms. The van der Waals surface area contributed by atoms with E-state index in [2.05, 4.69) is 5.32 Å². The number of carbonyl (C=O) groups is 1. The van der Waals surface area contributed by atoms with Crippen molar-refractivity contribution in [2.24, 2.45) is 5.92 Å². The van der Waals surface area contributed by atoms with Gasteiger partial charge in [-0.05, 0) is 29.7 Å². The smallest absolute Gasteiger partial charge is 0.416 e. The lowest BCUT2D eigenvalue weighted by Gasteiger charge is -2.19. The van der Waals surface area contributed by atoms with Crippen LogP contribution in [0.1, 0.15) is 30.5 Å². The maximum atomic E-state index is 12.7. The number of hydrogen-bond acceptors (Lipinski definition) is 2. The van der Waals surface area contributed by atoms with E-state index in [0.717, 1.165) is 0 Å². The zero-order chi connectivity index (χ0) is 18.0. The van der Waals surface area contributed by atoms with Gasteiger partial charge in [0.05, 0.1) is 11.1 Å². The molecule has 0 aliphatic rings. The van der Waals surface area contributed by atoms with E-state index >= 15 is 0 Å². The molecule has 3 nitrogen and oxygen atoms in total. The average Bonchev–Trinajstić information content (AvgIpc) is 2.35. The SMILES string of the molecule is CC(C)C(NCc1cc(C(F)(F)F)cc(C(F)(F)F)c1)C(=O)O. The molecule has 0 spiro atoms. The van der Waals surface area contributed by atoms with Gasteiger partial charge in [-0.3, -0.25) is 4.79 Å². The standard InChI is InChI=1S/C14H15F6NO2/c1-7(2)11(12(22)23)21-6-8-3-9(13(15,16)17)5-10(4-8)14(18,19)20/h3-5,7,11,21H,6H2,1-2H3,(H,22,23). The van der Waals surface area contributed by atoms with Crippen molar-refractivity contribution >= 4 is 5.97 Å². The number of alkyl halides is 6. The number of carboxylic acid groups (broad SMARTS) is 1. The Hall–Kier alpha value is -1.77. The first kappa shape index (κ1) is 19.3. The molecule has 0 saturated carbocycles. The summed E-state index contributed by atoms with van der Waals surface area (Å²) in [6.45, 7) is 2.71. The number of rotatable bonds is 5. The van der Waals surface area contributed by atoms with Crippen molar-refractivity contribution in [3.8, 4) is 0 Å². The van der Waals surface area contributed by atoms with Crippen molar-refractivity contribution in [2.75, 3.05) is 0 Å². The van der Waals surface area contributed by atoms with Gasteiger partial charge in [0.1, 0.15) is 6.04 Å². The molecule has 0 aliphatic heterocycles. The minimum absolute atomic E-state index is 0.0284.